The standard InChI is InChI=1S/C15H19N3O/c1-11-4-6-12(7-5-11)9-14-17-13(3-2-8-16)10-15(19)18-14/h4-7,10H,2-3,8-9,16H2,1H3,(H,17,18,19). The van der Waals surface area contributed by atoms with Crippen molar-refractivity contribution in [1.82, 2.24) is 9.97 Å². The molecule has 0 atom stereocenters. The van der Waals surface area contributed by atoms with Crippen molar-refractivity contribution in [2.75, 3.05) is 6.54 Å². The Morgan fingerprint density at radius 1 is 1.26 bits per heavy atom. The smallest absolute Gasteiger partial charge is 0.251 e. The molecule has 2 rings (SSSR count). The molecular weight excluding hydrogens is 238 g/mol. The zero-order valence-electron chi connectivity index (χ0n) is 11.1. The quantitative estimate of drug-likeness (QED) is 0.854. The number of nitrogens with two attached hydrogens (primary N) is 1. The maximum Gasteiger partial charge on any atom is 0.251 e. The molecule has 0 aliphatic carbocycles. The molecule has 0 radical (unpaired) electrons. The van der Waals surface area contributed by atoms with Gasteiger partial charge in [0.25, 0.3) is 5.56 Å². The van der Waals surface area contributed by atoms with Gasteiger partial charge in [0.1, 0.15) is 5.82 Å². The number of hydrogen-bond acceptors (Lipinski definition) is 3. The first-order valence-corrected chi connectivity index (χ1v) is 6.52. The molecule has 4 heteroatoms. The second-order valence-electron chi connectivity index (χ2n) is 4.74. The Hall–Kier alpha value is -1.94. The van der Waals surface area contributed by atoms with Gasteiger partial charge in [-0.25, -0.2) is 4.98 Å². The third kappa shape index (κ3) is 4.03. The average molecular weight is 257 g/mol. The minimum absolute atomic E-state index is 0.0934. The number of nitrogens with one attached hydrogen (secondary N) is 1. The molecule has 0 aliphatic rings. The van der Waals surface area contributed by atoms with Crippen LogP contribution in [0.15, 0.2) is 35.1 Å². The van der Waals surface area contributed by atoms with E-state index in [1.54, 1.807) is 6.07 Å². The van der Waals surface area contributed by atoms with Crippen LogP contribution in [0.25, 0.3) is 0 Å². The number of H-pyrrole nitrogens is 1. The number of aryl methyl sites for hydroxylation is 2. The number of nitrogens with zero attached hydrogens (tertiary/aromatic N) is 1. The molecule has 0 saturated heterocycles. The van der Waals surface area contributed by atoms with Gasteiger partial charge in [-0.05, 0) is 31.9 Å². The van der Waals surface area contributed by atoms with Crippen LogP contribution < -0.4 is 11.3 Å². The first-order valence-electron chi connectivity index (χ1n) is 6.52. The molecule has 0 fully saturated rings. The van der Waals surface area contributed by atoms with Crippen LogP contribution in [0.4, 0.5) is 0 Å². The summed E-state index contributed by atoms with van der Waals surface area (Å²) in [7, 11) is 0. The predicted octanol–water partition coefficient (Wildman–Crippen LogP) is 1.56. The van der Waals surface area contributed by atoms with Crippen LogP contribution in [-0.2, 0) is 12.8 Å². The van der Waals surface area contributed by atoms with E-state index in [-0.39, 0.29) is 5.56 Å². The summed E-state index contributed by atoms with van der Waals surface area (Å²) in [6.45, 7) is 2.67. The monoisotopic (exact) mass is 257 g/mol. The summed E-state index contributed by atoms with van der Waals surface area (Å²) in [5.41, 5.74) is 8.57. The highest BCUT2D eigenvalue weighted by Gasteiger charge is 2.03. The Balaban J connectivity index is 2.17. The van der Waals surface area contributed by atoms with Gasteiger partial charge >= 0.3 is 0 Å². The van der Waals surface area contributed by atoms with E-state index in [4.69, 9.17) is 5.73 Å². The minimum atomic E-state index is -0.0934. The highest BCUT2D eigenvalue weighted by atomic mass is 16.1. The Labute approximate surface area is 112 Å². The first-order chi connectivity index (χ1) is 9.17. The molecule has 100 valence electrons. The molecule has 3 N–H and O–H groups in total. The van der Waals surface area contributed by atoms with Gasteiger partial charge in [-0.15, -0.1) is 0 Å². The molecule has 19 heavy (non-hydrogen) atoms. The van der Waals surface area contributed by atoms with Crippen molar-refractivity contribution >= 4 is 0 Å². The summed E-state index contributed by atoms with van der Waals surface area (Å²) in [5.74, 6) is 0.711. The van der Waals surface area contributed by atoms with Gasteiger partial charge in [0, 0.05) is 18.2 Å². The zero-order valence-corrected chi connectivity index (χ0v) is 11.1. The van der Waals surface area contributed by atoms with Crippen molar-refractivity contribution in [2.45, 2.75) is 26.2 Å². The molecule has 1 aromatic heterocycles. The van der Waals surface area contributed by atoms with E-state index in [9.17, 15) is 4.79 Å². The molecule has 0 aliphatic heterocycles. The van der Waals surface area contributed by atoms with Gasteiger partial charge in [-0.3, -0.25) is 4.79 Å². The second kappa shape index (κ2) is 6.29. The Morgan fingerprint density at radius 3 is 2.68 bits per heavy atom. The number of aromatic amines is 1. The maximum absolute atomic E-state index is 11.6. The largest absolute Gasteiger partial charge is 0.330 e. The van der Waals surface area contributed by atoms with Gasteiger partial charge in [-0.2, -0.15) is 0 Å². The summed E-state index contributed by atoms with van der Waals surface area (Å²) in [5, 5.41) is 0. The fourth-order valence-corrected chi connectivity index (χ4v) is 1.96. The van der Waals surface area contributed by atoms with Crippen LogP contribution in [0.1, 0.15) is 29.1 Å². The van der Waals surface area contributed by atoms with E-state index < -0.39 is 0 Å². The number of benzene rings is 1. The summed E-state index contributed by atoms with van der Waals surface area (Å²) < 4.78 is 0. The van der Waals surface area contributed by atoms with Gasteiger partial charge in [-0.1, -0.05) is 29.8 Å². The van der Waals surface area contributed by atoms with Gasteiger partial charge in [0.2, 0.25) is 0 Å². The Kier molecular flexibility index (Phi) is 4.47. The van der Waals surface area contributed by atoms with E-state index in [1.165, 1.54) is 5.56 Å². The van der Waals surface area contributed by atoms with Crippen molar-refractivity contribution in [2.24, 2.45) is 5.73 Å². The molecule has 4 nitrogen and oxygen atoms in total. The highest BCUT2D eigenvalue weighted by molar-refractivity contribution is 5.24. The lowest BCUT2D eigenvalue weighted by Crippen LogP contribution is -2.14. The minimum Gasteiger partial charge on any atom is -0.330 e. The van der Waals surface area contributed by atoms with E-state index in [0.29, 0.717) is 18.8 Å². The predicted molar refractivity (Wildman–Crippen MR) is 76.2 cm³/mol. The lowest BCUT2D eigenvalue weighted by atomic mass is 10.1. The topological polar surface area (TPSA) is 71.8 Å². The number of hydrogen-bond donors (Lipinski definition) is 2. The molecule has 1 aromatic carbocycles. The Morgan fingerprint density at radius 2 is 2.00 bits per heavy atom. The van der Waals surface area contributed by atoms with Crippen LogP contribution in [-0.4, -0.2) is 16.5 Å². The lowest BCUT2D eigenvalue weighted by molar-refractivity contribution is 0.787. The van der Waals surface area contributed by atoms with Crippen molar-refractivity contribution in [3.05, 3.63) is 63.3 Å². The maximum atomic E-state index is 11.6. The van der Waals surface area contributed by atoms with E-state index in [0.717, 1.165) is 24.1 Å². The molecule has 0 amide bonds. The van der Waals surface area contributed by atoms with Gasteiger partial charge in [0.15, 0.2) is 0 Å². The van der Waals surface area contributed by atoms with Gasteiger partial charge in [0.05, 0.1) is 0 Å². The molecule has 1 heterocycles. The fraction of sp³-hybridized carbons (Fsp3) is 0.333. The van der Waals surface area contributed by atoms with Crippen molar-refractivity contribution < 1.29 is 0 Å². The van der Waals surface area contributed by atoms with Crippen LogP contribution in [0.2, 0.25) is 0 Å². The average Bonchev–Trinajstić information content (AvgIpc) is 2.38. The molecule has 0 saturated carbocycles. The second-order valence-corrected chi connectivity index (χ2v) is 4.74. The Bertz CT molecular complexity index is 587. The van der Waals surface area contributed by atoms with Crippen LogP contribution in [0, 0.1) is 6.92 Å². The third-order valence-electron chi connectivity index (χ3n) is 2.97. The van der Waals surface area contributed by atoms with E-state index >= 15 is 0 Å². The van der Waals surface area contributed by atoms with Crippen molar-refractivity contribution in [1.29, 1.82) is 0 Å². The lowest BCUT2D eigenvalue weighted by Gasteiger charge is -2.04. The summed E-state index contributed by atoms with van der Waals surface area (Å²) in [4.78, 5) is 18.9. The van der Waals surface area contributed by atoms with Crippen LogP contribution >= 0.6 is 0 Å². The van der Waals surface area contributed by atoms with E-state index in [2.05, 4.69) is 41.2 Å². The highest BCUT2D eigenvalue weighted by Crippen LogP contribution is 2.07. The van der Waals surface area contributed by atoms with Crippen LogP contribution in [0.5, 0.6) is 0 Å². The summed E-state index contributed by atoms with van der Waals surface area (Å²) in [6, 6.07) is 9.79. The molecule has 0 spiro atoms. The zero-order chi connectivity index (χ0) is 13.7. The molecule has 2 aromatic rings. The first kappa shape index (κ1) is 13.5. The van der Waals surface area contributed by atoms with E-state index in [1.807, 2.05) is 0 Å². The SMILES string of the molecule is Cc1ccc(Cc2nc(CCCN)cc(=O)[nH]2)cc1. The number of aromatic nitrogens is 2. The van der Waals surface area contributed by atoms with Crippen LogP contribution in [0.3, 0.4) is 0 Å². The summed E-state index contributed by atoms with van der Waals surface area (Å²) in [6.07, 6.45) is 2.24. The summed E-state index contributed by atoms with van der Waals surface area (Å²) >= 11 is 0. The number of rotatable bonds is 5. The molecule has 0 unspecified atom stereocenters. The van der Waals surface area contributed by atoms with Gasteiger partial charge < -0.3 is 10.7 Å². The molecule has 0 bridgehead atoms. The third-order valence-corrected chi connectivity index (χ3v) is 2.97. The normalized spacial score (nSPS) is 10.6. The van der Waals surface area contributed by atoms with Crippen molar-refractivity contribution in [3.63, 3.8) is 0 Å². The van der Waals surface area contributed by atoms with Crippen molar-refractivity contribution in [3.8, 4) is 0 Å². The fourth-order valence-electron chi connectivity index (χ4n) is 1.96. The molecular formula is C15H19N3O.